The Balaban J connectivity index is 2.38. The van der Waals surface area contributed by atoms with Crippen molar-refractivity contribution in [2.75, 3.05) is 11.4 Å². The van der Waals surface area contributed by atoms with Crippen LogP contribution in [0, 0.1) is 5.82 Å². The maximum absolute atomic E-state index is 12.8. The van der Waals surface area contributed by atoms with Crippen molar-refractivity contribution in [3.8, 4) is 0 Å². The zero-order chi connectivity index (χ0) is 14.9. The largest absolute Gasteiger partial charge is 0.475 e. The van der Waals surface area contributed by atoms with E-state index < -0.39 is 32.7 Å². The second-order valence-electron chi connectivity index (χ2n) is 3.87. The summed E-state index contributed by atoms with van der Waals surface area (Å²) in [4.78, 5) is 10.7. The standard InChI is InChI=1S/C12H10FNO5S/c1-14(9-4-2-8(13)3-5-9)20(17,18)11-7-6-10(19-11)12(15)16/h2-7H,1H3,(H,15,16). The number of sulfonamides is 1. The summed E-state index contributed by atoms with van der Waals surface area (Å²) in [6.07, 6.45) is 0. The van der Waals surface area contributed by atoms with E-state index in [0.29, 0.717) is 0 Å². The summed E-state index contributed by atoms with van der Waals surface area (Å²) < 4.78 is 42.9. The van der Waals surface area contributed by atoms with E-state index in [1.54, 1.807) is 0 Å². The molecular formula is C12H10FNO5S. The van der Waals surface area contributed by atoms with Crippen LogP contribution in [0.5, 0.6) is 0 Å². The summed E-state index contributed by atoms with van der Waals surface area (Å²) in [5.41, 5.74) is 0.222. The highest BCUT2D eigenvalue weighted by molar-refractivity contribution is 7.92. The molecule has 0 aliphatic rings. The molecule has 0 unspecified atom stereocenters. The van der Waals surface area contributed by atoms with E-state index in [1.807, 2.05) is 0 Å². The molecule has 2 aromatic rings. The molecule has 0 bridgehead atoms. The highest BCUT2D eigenvalue weighted by atomic mass is 32.2. The number of carbonyl (C=O) groups is 1. The Labute approximate surface area is 114 Å². The fraction of sp³-hybridized carbons (Fsp3) is 0.0833. The molecule has 0 spiro atoms. The first-order chi connectivity index (χ1) is 9.32. The predicted octanol–water partition coefficient (Wildman–Crippen LogP) is 1.94. The molecule has 0 aliphatic carbocycles. The molecule has 1 aromatic heterocycles. The van der Waals surface area contributed by atoms with Crippen molar-refractivity contribution >= 4 is 21.7 Å². The Morgan fingerprint density at radius 3 is 2.30 bits per heavy atom. The number of anilines is 1. The van der Waals surface area contributed by atoms with Gasteiger partial charge in [-0.1, -0.05) is 0 Å². The summed E-state index contributed by atoms with van der Waals surface area (Å²) in [5.74, 6) is -2.34. The number of hydrogen-bond donors (Lipinski definition) is 1. The van der Waals surface area contributed by atoms with E-state index in [0.717, 1.165) is 28.6 Å². The van der Waals surface area contributed by atoms with Crippen LogP contribution < -0.4 is 4.31 Å². The molecule has 0 atom stereocenters. The van der Waals surface area contributed by atoms with Gasteiger partial charge in [-0.2, -0.15) is 8.42 Å². The molecule has 1 aromatic carbocycles. The van der Waals surface area contributed by atoms with Crippen LogP contribution in [0.2, 0.25) is 0 Å². The average molecular weight is 299 g/mol. The fourth-order valence-electron chi connectivity index (χ4n) is 1.50. The number of furan rings is 1. The van der Waals surface area contributed by atoms with Crippen molar-refractivity contribution in [2.24, 2.45) is 0 Å². The molecule has 6 nitrogen and oxygen atoms in total. The van der Waals surface area contributed by atoms with E-state index in [-0.39, 0.29) is 5.69 Å². The number of hydrogen-bond acceptors (Lipinski definition) is 4. The Kier molecular flexibility index (Phi) is 3.49. The molecule has 0 saturated heterocycles. The average Bonchev–Trinajstić information content (AvgIpc) is 2.89. The number of aromatic carboxylic acids is 1. The summed E-state index contributed by atoms with van der Waals surface area (Å²) >= 11 is 0. The highest BCUT2D eigenvalue weighted by Gasteiger charge is 2.26. The zero-order valence-electron chi connectivity index (χ0n) is 10.3. The first kappa shape index (κ1) is 14.1. The van der Waals surface area contributed by atoms with Gasteiger partial charge in [0, 0.05) is 7.05 Å². The van der Waals surface area contributed by atoms with Crippen LogP contribution >= 0.6 is 0 Å². The van der Waals surface area contributed by atoms with Gasteiger partial charge in [-0.3, -0.25) is 4.31 Å². The number of carboxylic acids is 1. The van der Waals surface area contributed by atoms with Crippen molar-refractivity contribution in [1.82, 2.24) is 0 Å². The van der Waals surface area contributed by atoms with Crippen molar-refractivity contribution in [3.05, 3.63) is 48.0 Å². The van der Waals surface area contributed by atoms with E-state index in [9.17, 15) is 17.6 Å². The van der Waals surface area contributed by atoms with Crippen LogP contribution in [-0.4, -0.2) is 26.5 Å². The van der Waals surface area contributed by atoms with Crippen molar-refractivity contribution in [2.45, 2.75) is 5.09 Å². The second-order valence-corrected chi connectivity index (χ2v) is 5.77. The number of rotatable bonds is 4. The highest BCUT2D eigenvalue weighted by Crippen LogP contribution is 2.23. The molecule has 0 fully saturated rings. The lowest BCUT2D eigenvalue weighted by Gasteiger charge is -2.17. The maximum atomic E-state index is 12.8. The van der Waals surface area contributed by atoms with E-state index in [2.05, 4.69) is 0 Å². The van der Waals surface area contributed by atoms with Gasteiger partial charge in [-0.15, -0.1) is 0 Å². The topological polar surface area (TPSA) is 87.8 Å². The van der Waals surface area contributed by atoms with Crippen LogP contribution in [0.4, 0.5) is 10.1 Å². The maximum Gasteiger partial charge on any atom is 0.371 e. The van der Waals surface area contributed by atoms with Crippen LogP contribution in [0.15, 0.2) is 45.9 Å². The molecule has 20 heavy (non-hydrogen) atoms. The third kappa shape index (κ3) is 2.50. The Hall–Kier alpha value is -2.35. The van der Waals surface area contributed by atoms with Gasteiger partial charge in [0.25, 0.3) is 10.0 Å². The number of carboxylic acid groups (broad SMARTS) is 1. The SMILES string of the molecule is CN(c1ccc(F)cc1)S(=O)(=O)c1ccc(C(=O)O)o1. The van der Waals surface area contributed by atoms with Crippen molar-refractivity contribution in [1.29, 1.82) is 0 Å². The normalized spacial score (nSPS) is 11.3. The van der Waals surface area contributed by atoms with Crippen molar-refractivity contribution < 1.29 is 27.1 Å². The second kappa shape index (κ2) is 4.97. The van der Waals surface area contributed by atoms with Gasteiger partial charge in [0.2, 0.25) is 10.9 Å². The van der Waals surface area contributed by atoms with Crippen LogP contribution in [0.3, 0.4) is 0 Å². The van der Waals surface area contributed by atoms with E-state index in [1.165, 1.54) is 19.2 Å². The quantitative estimate of drug-likeness (QED) is 0.932. The zero-order valence-corrected chi connectivity index (χ0v) is 11.1. The third-order valence-electron chi connectivity index (χ3n) is 2.60. The van der Waals surface area contributed by atoms with Crippen molar-refractivity contribution in [3.63, 3.8) is 0 Å². The monoisotopic (exact) mass is 299 g/mol. The predicted molar refractivity (Wildman–Crippen MR) is 67.7 cm³/mol. The third-order valence-corrected chi connectivity index (χ3v) is 4.26. The molecule has 106 valence electrons. The molecule has 0 amide bonds. The minimum atomic E-state index is -4.04. The minimum absolute atomic E-state index is 0.222. The fourth-order valence-corrected chi connectivity index (χ4v) is 2.60. The first-order valence-corrected chi connectivity index (χ1v) is 6.84. The lowest BCUT2D eigenvalue weighted by Crippen LogP contribution is -2.26. The molecular weight excluding hydrogens is 289 g/mol. The minimum Gasteiger partial charge on any atom is -0.475 e. The molecule has 0 radical (unpaired) electrons. The summed E-state index contributed by atoms with van der Waals surface area (Å²) in [6, 6.07) is 6.91. The summed E-state index contributed by atoms with van der Waals surface area (Å²) in [5, 5.41) is 8.21. The molecule has 0 aliphatic heterocycles. The Bertz CT molecular complexity index is 735. The lowest BCUT2D eigenvalue weighted by atomic mass is 10.3. The van der Waals surface area contributed by atoms with Crippen LogP contribution in [-0.2, 0) is 10.0 Å². The molecule has 0 saturated carbocycles. The molecule has 1 N–H and O–H groups in total. The van der Waals surface area contributed by atoms with Crippen LogP contribution in [0.25, 0.3) is 0 Å². The number of nitrogens with zero attached hydrogens (tertiary/aromatic N) is 1. The van der Waals surface area contributed by atoms with E-state index >= 15 is 0 Å². The molecule has 2 rings (SSSR count). The van der Waals surface area contributed by atoms with Gasteiger partial charge in [0.05, 0.1) is 5.69 Å². The Morgan fingerprint density at radius 2 is 1.80 bits per heavy atom. The summed E-state index contributed by atoms with van der Waals surface area (Å²) in [6.45, 7) is 0. The van der Waals surface area contributed by atoms with Gasteiger partial charge < -0.3 is 9.52 Å². The number of halogens is 1. The van der Waals surface area contributed by atoms with Gasteiger partial charge >= 0.3 is 5.97 Å². The lowest BCUT2D eigenvalue weighted by molar-refractivity contribution is 0.0656. The Morgan fingerprint density at radius 1 is 1.20 bits per heavy atom. The van der Waals surface area contributed by atoms with Gasteiger partial charge in [0.1, 0.15) is 5.82 Å². The van der Waals surface area contributed by atoms with E-state index in [4.69, 9.17) is 9.52 Å². The number of benzene rings is 1. The van der Waals surface area contributed by atoms with Gasteiger partial charge in [0.15, 0.2) is 0 Å². The molecule has 8 heteroatoms. The van der Waals surface area contributed by atoms with Gasteiger partial charge in [-0.05, 0) is 36.4 Å². The first-order valence-electron chi connectivity index (χ1n) is 5.40. The van der Waals surface area contributed by atoms with Crippen LogP contribution in [0.1, 0.15) is 10.6 Å². The smallest absolute Gasteiger partial charge is 0.371 e. The summed E-state index contributed by atoms with van der Waals surface area (Å²) in [7, 11) is -2.78. The molecule has 1 heterocycles. The van der Waals surface area contributed by atoms with Gasteiger partial charge in [-0.25, -0.2) is 9.18 Å².